The molecule has 0 aromatic heterocycles. The summed E-state index contributed by atoms with van der Waals surface area (Å²) >= 11 is 0. The first-order valence-electron chi connectivity index (χ1n) is 10.8. The number of anilines is 1. The van der Waals surface area contributed by atoms with Crippen molar-refractivity contribution in [2.24, 2.45) is 0 Å². The van der Waals surface area contributed by atoms with Gasteiger partial charge in [0.25, 0.3) is 5.91 Å². The minimum Gasteiger partial charge on any atom is -0.354 e. The van der Waals surface area contributed by atoms with E-state index in [2.05, 4.69) is 17.6 Å². The Kier molecular flexibility index (Phi) is 7.63. The van der Waals surface area contributed by atoms with Gasteiger partial charge < -0.3 is 20.4 Å². The summed E-state index contributed by atoms with van der Waals surface area (Å²) in [6.45, 7) is 5.96. The monoisotopic (exact) mass is 401 g/mol. The molecule has 2 heterocycles. The van der Waals surface area contributed by atoms with Gasteiger partial charge in [0.2, 0.25) is 11.8 Å². The molecule has 2 saturated heterocycles. The van der Waals surface area contributed by atoms with Crippen LogP contribution in [-0.4, -0.2) is 56.5 Å². The van der Waals surface area contributed by atoms with E-state index < -0.39 is 0 Å². The van der Waals surface area contributed by atoms with Crippen LogP contribution in [0, 0.1) is 0 Å². The van der Waals surface area contributed by atoms with E-state index in [0.29, 0.717) is 24.6 Å². The zero-order valence-corrected chi connectivity index (χ0v) is 17.3. The average Bonchev–Trinajstić information content (AvgIpc) is 3.16. The lowest BCUT2D eigenvalue weighted by Crippen LogP contribution is -3.16. The Morgan fingerprint density at radius 2 is 1.93 bits per heavy atom. The van der Waals surface area contributed by atoms with Gasteiger partial charge in [-0.3, -0.25) is 14.4 Å². The number of carbonyl (C=O) groups is 3. The third kappa shape index (κ3) is 6.03. The summed E-state index contributed by atoms with van der Waals surface area (Å²) in [5, 5.41) is 5.54. The summed E-state index contributed by atoms with van der Waals surface area (Å²) in [5.74, 6) is -0.333. The van der Waals surface area contributed by atoms with E-state index in [1.54, 1.807) is 34.1 Å². The Morgan fingerprint density at radius 3 is 2.62 bits per heavy atom. The van der Waals surface area contributed by atoms with Crippen molar-refractivity contribution in [3.63, 3.8) is 0 Å². The van der Waals surface area contributed by atoms with Crippen molar-refractivity contribution in [3.05, 3.63) is 29.8 Å². The summed E-state index contributed by atoms with van der Waals surface area (Å²) in [4.78, 5) is 39.4. The maximum atomic E-state index is 12.2. The second kappa shape index (κ2) is 10.4. The van der Waals surface area contributed by atoms with Crippen LogP contribution >= 0.6 is 0 Å². The summed E-state index contributed by atoms with van der Waals surface area (Å²) in [6, 6.07) is 7.66. The number of quaternary nitrogens is 1. The van der Waals surface area contributed by atoms with Gasteiger partial charge in [0, 0.05) is 37.2 Å². The van der Waals surface area contributed by atoms with Gasteiger partial charge in [0.05, 0.1) is 25.7 Å². The number of hydrogen-bond donors (Lipinski definition) is 3. The highest BCUT2D eigenvalue weighted by atomic mass is 16.2. The average molecular weight is 402 g/mol. The normalized spacial score (nSPS) is 21.8. The van der Waals surface area contributed by atoms with E-state index >= 15 is 0 Å². The van der Waals surface area contributed by atoms with Gasteiger partial charge >= 0.3 is 0 Å². The number of hydrogen-bond acceptors (Lipinski definition) is 3. The molecule has 0 spiro atoms. The van der Waals surface area contributed by atoms with E-state index in [1.165, 1.54) is 25.8 Å². The van der Waals surface area contributed by atoms with Gasteiger partial charge in [0.15, 0.2) is 0 Å². The molecule has 0 radical (unpaired) electrons. The van der Waals surface area contributed by atoms with Crippen LogP contribution in [0.15, 0.2) is 24.3 Å². The first-order valence-corrected chi connectivity index (χ1v) is 10.8. The fourth-order valence-electron chi connectivity index (χ4n) is 4.21. The topological polar surface area (TPSA) is 82.9 Å². The smallest absolute Gasteiger partial charge is 0.251 e. The summed E-state index contributed by atoms with van der Waals surface area (Å²) in [7, 11) is 0. The third-order valence-electron chi connectivity index (χ3n) is 6.00. The lowest BCUT2D eigenvalue weighted by molar-refractivity contribution is -0.928. The largest absolute Gasteiger partial charge is 0.354 e. The van der Waals surface area contributed by atoms with Crippen molar-refractivity contribution in [3.8, 4) is 0 Å². The molecule has 3 amide bonds. The number of nitrogens with zero attached hydrogens (tertiary/aromatic N) is 1. The number of benzene rings is 1. The number of carbonyl (C=O) groups excluding carboxylic acids is 3. The highest BCUT2D eigenvalue weighted by Gasteiger charge is 2.22. The van der Waals surface area contributed by atoms with Crippen LogP contribution in [0.1, 0.15) is 55.8 Å². The standard InChI is InChI=1S/C22H32N4O3/c1-17-6-2-3-13-25(17)14-5-12-23-20(27)16-24-22(29)18-8-10-19(11-9-18)26-15-4-7-21(26)28/h8-11,17H,2-7,12-16H2,1H3,(H,23,27)(H,24,29)/p+1/t17-/m0/s1. The van der Waals surface area contributed by atoms with Gasteiger partial charge in [-0.15, -0.1) is 0 Å². The Labute approximate surface area is 172 Å². The number of piperidine rings is 1. The Hall–Kier alpha value is -2.41. The molecule has 0 saturated carbocycles. The maximum Gasteiger partial charge on any atom is 0.251 e. The van der Waals surface area contributed by atoms with Gasteiger partial charge in [0.1, 0.15) is 0 Å². The van der Waals surface area contributed by atoms with E-state index in [-0.39, 0.29) is 24.3 Å². The lowest BCUT2D eigenvalue weighted by atomic mass is 10.0. The van der Waals surface area contributed by atoms with E-state index in [1.807, 2.05) is 0 Å². The fraction of sp³-hybridized carbons (Fsp3) is 0.591. The number of amides is 3. The SMILES string of the molecule is C[C@H]1CCCC[NH+]1CCCNC(=O)CNC(=O)c1ccc(N2CCCC2=O)cc1. The minimum absolute atomic E-state index is 0.0296. The summed E-state index contributed by atoms with van der Waals surface area (Å²) in [6.07, 6.45) is 6.33. The van der Waals surface area contributed by atoms with E-state index in [4.69, 9.17) is 0 Å². The minimum atomic E-state index is -0.286. The van der Waals surface area contributed by atoms with Gasteiger partial charge in [-0.1, -0.05) is 0 Å². The van der Waals surface area contributed by atoms with Crippen LogP contribution in [0.5, 0.6) is 0 Å². The first kappa shape index (κ1) is 21.3. The van der Waals surface area contributed by atoms with Gasteiger partial charge in [-0.2, -0.15) is 0 Å². The van der Waals surface area contributed by atoms with E-state index in [0.717, 1.165) is 31.6 Å². The molecule has 29 heavy (non-hydrogen) atoms. The Bertz CT molecular complexity index is 719. The Morgan fingerprint density at radius 1 is 1.14 bits per heavy atom. The third-order valence-corrected chi connectivity index (χ3v) is 6.00. The van der Waals surface area contributed by atoms with Crippen molar-refractivity contribution in [2.45, 2.75) is 51.5 Å². The summed E-state index contributed by atoms with van der Waals surface area (Å²) < 4.78 is 0. The van der Waals surface area contributed by atoms with E-state index in [9.17, 15) is 14.4 Å². The molecule has 7 heteroatoms. The predicted octanol–water partition coefficient (Wildman–Crippen LogP) is 0.507. The van der Waals surface area contributed by atoms with Crippen LogP contribution in [0.25, 0.3) is 0 Å². The molecule has 0 aliphatic carbocycles. The van der Waals surface area contributed by atoms with Crippen molar-refractivity contribution >= 4 is 23.4 Å². The fourth-order valence-corrected chi connectivity index (χ4v) is 4.21. The molecule has 1 unspecified atom stereocenters. The van der Waals surface area contributed by atoms with Gasteiger partial charge in [-0.05, 0) is 56.9 Å². The molecule has 3 rings (SSSR count). The number of likely N-dealkylation sites (tertiary alicyclic amines) is 1. The van der Waals surface area contributed by atoms with Crippen molar-refractivity contribution in [1.29, 1.82) is 0 Å². The van der Waals surface area contributed by atoms with Crippen LogP contribution < -0.4 is 20.4 Å². The molecule has 1 aromatic rings. The van der Waals surface area contributed by atoms with Crippen LogP contribution in [0.2, 0.25) is 0 Å². The van der Waals surface area contributed by atoms with Crippen LogP contribution in [0.3, 0.4) is 0 Å². The van der Waals surface area contributed by atoms with Crippen molar-refractivity contribution in [2.75, 3.05) is 37.6 Å². The Balaban J connectivity index is 1.34. The quantitative estimate of drug-likeness (QED) is 0.555. The molecular formula is C22H33N4O3+. The number of nitrogens with one attached hydrogen (secondary N) is 3. The first-order chi connectivity index (χ1) is 14.0. The maximum absolute atomic E-state index is 12.2. The second-order valence-corrected chi connectivity index (χ2v) is 8.14. The molecule has 158 valence electrons. The molecule has 2 aliphatic rings. The molecule has 7 nitrogen and oxygen atoms in total. The highest BCUT2D eigenvalue weighted by Crippen LogP contribution is 2.21. The molecule has 2 atom stereocenters. The van der Waals surface area contributed by atoms with Crippen molar-refractivity contribution < 1.29 is 19.3 Å². The molecule has 2 fully saturated rings. The zero-order chi connectivity index (χ0) is 20.6. The molecular weight excluding hydrogens is 368 g/mol. The lowest BCUT2D eigenvalue weighted by Gasteiger charge is -2.30. The molecule has 3 N–H and O–H groups in total. The predicted molar refractivity (Wildman–Crippen MR) is 112 cm³/mol. The molecule has 1 aromatic carbocycles. The summed E-state index contributed by atoms with van der Waals surface area (Å²) in [5.41, 5.74) is 1.29. The molecule has 2 aliphatic heterocycles. The van der Waals surface area contributed by atoms with Crippen molar-refractivity contribution in [1.82, 2.24) is 10.6 Å². The zero-order valence-electron chi connectivity index (χ0n) is 17.3. The van der Waals surface area contributed by atoms with Crippen LogP contribution in [-0.2, 0) is 9.59 Å². The highest BCUT2D eigenvalue weighted by molar-refractivity contribution is 5.98. The second-order valence-electron chi connectivity index (χ2n) is 8.14. The van der Waals surface area contributed by atoms with Gasteiger partial charge in [-0.25, -0.2) is 0 Å². The van der Waals surface area contributed by atoms with Crippen LogP contribution in [0.4, 0.5) is 5.69 Å². The molecule has 0 bridgehead atoms. The number of rotatable bonds is 8.